The Labute approximate surface area is 162 Å². The van der Waals surface area contributed by atoms with Crippen LogP contribution in [0, 0.1) is 6.08 Å². The molecule has 128 valence electrons. The summed E-state index contributed by atoms with van der Waals surface area (Å²) in [7, 11) is -0.446. The monoisotopic (exact) mass is 390 g/mol. The molecule has 0 saturated heterocycles. The van der Waals surface area contributed by atoms with Crippen molar-refractivity contribution in [3.8, 4) is 0 Å². The molecule has 4 rings (SSSR count). The Hall–Kier alpha value is -1.91. The molecular formula is C23H20CuP. The molecule has 3 aromatic rings. The first-order valence-corrected chi connectivity index (χ1v) is 9.46. The van der Waals surface area contributed by atoms with E-state index in [0.717, 1.165) is 6.42 Å². The van der Waals surface area contributed by atoms with Gasteiger partial charge in [-0.05, 0) is 23.8 Å². The first-order valence-electron chi connectivity index (χ1n) is 8.12. The van der Waals surface area contributed by atoms with E-state index in [1.54, 1.807) is 0 Å². The molecule has 0 aromatic heterocycles. The average molecular weight is 391 g/mol. The first kappa shape index (κ1) is 19.4. The number of hydrogen-bond acceptors (Lipinski definition) is 0. The topological polar surface area (TPSA) is 0 Å². The Morgan fingerprint density at radius 2 is 1.00 bits per heavy atom. The Kier molecular flexibility index (Phi) is 8.43. The van der Waals surface area contributed by atoms with Crippen molar-refractivity contribution >= 4 is 23.8 Å². The van der Waals surface area contributed by atoms with Crippen molar-refractivity contribution in [3.63, 3.8) is 0 Å². The molecule has 1 aliphatic carbocycles. The van der Waals surface area contributed by atoms with Crippen LogP contribution in [0.2, 0.25) is 0 Å². The van der Waals surface area contributed by atoms with Crippen LogP contribution in [0.25, 0.3) is 0 Å². The summed E-state index contributed by atoms with van der Waals surface area (Å²) in [4.78, 5) is 0. The molecule has 0 N–H and O–H groups in total. The maximum absolute atomic E-state index is 2.99. The molecule has 0 spiro atoms. The quantitative estimate of drug-likeness (QED) is 0.344. The van der Waals surface area contributed by atoms with Crippen molar-refractivity contribution in [2.24, 2.45) is 0 Å². The molecule has 0 fully saturated rings. The zero-order valence-electron chi connectivity index (χ0n) is 13.8. The summed E-state index contributed by atoms with van der Waals surface area (Å²) in [5.74, 6) is 0. The van der Waals surface area contributed by atoms with E-state index < -0.39 is 7.92 Å². The average Bonchev–Trinajstić information content (AvgIpc) is 3.25. The Balaban J connectivity index is 0.000000325. The molecule has 0 unspecified atom stereocenters. The van der Waals surface area contributed by atoms with E-state index in [1.165, 1.54) is 15.9 Å². The van der Waals surface area contributed by atoms with E-state index in [4.69, 9.17) is 0 Å². The van der Waals surface area contributed by atoms with E-state index in [1.807, 2.05) is 12.2 Å². The number of hydrogen-bond donors (Lipinski definition) is 0. The third-order valence-electron chi connectivity index (χ3n) is 3.63. The Bertz CT molecular complexity index is 676. The SMILES string of the molecule is [C-]1=CC=CC1.[Cu+].c1ccc(P(c2ccccc2)c2ccccc2)cc1. The predicted molar refractivity (Wildman–Crippen MR) is 107 cm³/mol. The van der Waals surface area contributed by atoms with Gasteiger partial charge in [-0.25, -0.2) is 12.2 Å². The van der Waals surface area contributed by atoms with Crippen LogP contribution >= 0.6 is 7.92 Å². The fraction of sp³-hybridized carbons (Fsp3) is 0.0435. The maximum Gasteiger partial charge on any atom is 1.00 e. The summed E-state index contributed by atoms with van der Waals surface area (Å²) in [6, 6.07) is 32.3. The van der Waals surface area contributed by atoms with Crippen LogP contribution in [-0.2, 0) is 17.1 Å². The van der Waals surface area contributed by atoms with Gasteiger partial charge in [-0.2, -0.15) is 6.08 Å². The van der Waals surface area contributed by atoms with Gasteiger partial charge in [-0.15, -0.1) is 6.42 Å². The van der Waals surface area contributed by atoms with Gasteiger partial charge in [0.1, 0.15) is 0 Å². The first-order chi connectivity index (χ1) is 11.9. The van der Waals surface area contributed by atoms with Crippen molar-refractivity contribution in [1.29, 1.82) is 0 Å². The molecule has 0 aliphatic heterocycles. The minimum Gasteiger partial charge on any atom is -0.273 e. The summed E-state index contributed by atoms with van der Waals surface area (Å²) >= 11 is 0. The molecule has 2 heteroatoms. The van der Waals surface area contributed by atoms with Crippen molar-refractivity contribution in [2.75, 3.05) is 0 Å². The number of allylic oxidation sites excluding steroid dienone is 4. The van der Waals surface area contributed by atoms with E-state index >= 15 is 0 Å². The zero-order valence-corrected chi connectivity index (χ0v) is 15.7. The second kappa shape index (κ2) is 10.9. The van der Waals surface area contributed by atoms with Gasteiger partial charge in [0.2, 0.25) is 0 Å². The van der Waals surface area contributed by atoms with Crippen molar-refractivity contribution in [1.82, 2.24) is 0 Å². The normalized spacial score (nSPS) is 11.6. The molecule has 0 atom stereocenters. The molecule has 0 bridgehead atoms. The van der Waals surface area contributed by atoms with E-state index in [9.17, 15) is 0 Å². The summed E-state index contributed by atoms with van der Waals surface area (Å²) in [6.07, 6.45) is 10.0. The molecule has 0 saturated carbocycles. The molecule has 0 nitrogen and oxygen atoms in total. The van der Waals surface area contributed by atoms with Crippen molar-refractivity contribution in [3.05, 3.63) is 115 Å². The fourth-order valence-electron chi connectivity index (χ4n) is 2.52. The van der Waals surface area contributed by atoms with Gasteiger partial charge in [-0.3, -0.25) is 6.08 Å². The third kappa shape index (κ3) is 5.83. The number of benzene rings is 3. The minimum absolute atomic E-state index is 0. The Morgan fingerprint density at radius 3 is 1.24 bits per heavy atom. The summed E-state index contributed by atoms with van der Waals surface area (Å²) in [5, 5.41) is 4.19. The van der Waals surface area contributed by atoms with Gasteiger partial charge in [0, 0.05) is 0 Å². The van der Waals surface area contributed by atoms with Crippen LogP contribution in [0.5, 0.6) is 0 Å². The van der Waals surface area contributed by atoms with E-state index in [0.29, 0.717) is 0 Å². The fourth-order valence-corrected chi connectivity index (χ4v) is 4.82. The summed E-state index contributed by atoms with van der Waals surface area (Å²) in [5.41, 5.74) is 0. The molecular weight excluding hydrogens is 371 g/mol. The molecule has 3 aromatic carbocycles. The van der Waals surface area contributed by atoms with Gasteiger partial charge in [0.25, 0.3) is 0 Å². The van der Waals surface area contributed by atoms with Crippen LogP contribution in [0.1, 0.15) is 6.42 Å². The Morgan fingerprint density at radius 1 is 0.600 bits per heavy atom. The van der Waals surface area contributed by atoms with Crippen molar-refractivity contribution < 1.29 is 17.1 Å². The van der Waals surface area contributed by atoms with Crippen LogP contribution in [0.3, 0.4) is 0 Å². The van der Waals surface area contributed by atoms with Gasteiger partial charge >= 0.3 is 17.1 Å². The molecule has 0 amide bonds. The number of rotatable bonds is 3. The molecule has 0 radical (unpaired) electrons. The van der Waals surface area contributed by atoms with Crippen LogP contribution in [0.15, 0.2) is 109 Å². The van der Waals surface area contributed by atoms with Crippen LogP contribution in [-0.4, -0.2) is 0 Å². The van der Waals surface area contributed by atoms with Gasteiger partial charge in [0.15, 0.2) is 0 Å². The zero-order chi connectivity index (χ0) is 16.5. The third-order valence-corrected chi connectivity index (χ3v) is 6.07. The predicted octanol–water partition coefficient (Wildman–Crippen LogP) is 4.75. The van der Waals surface area contributed by atoms with Gasteiger partial charge in [0.05, 0.1) is 0 Å². The summed E-state index contributed by atoms with van der Waals surface area (Å²) < 4.78 is 0. The van der Waals surface area contributed by atoms with E-state index in [-0.39, 0.29) is 17.1 Å². The van der Waals surface area contributed by atoms with Crippen molar-refractivity contribution in [2.45, 2.75) is 6.42 Å². The van der Waals surface area contributed by atoms with Crippen LogP contribution < -0.4 is 15.9 Å². The van der Waals surface area contributed by atoms with Gasteiger partial charge < -0.3 is 0 Å². The molecule has 1 aliphatic rings. The maximum atomic E-state index is 2.99. The standard InChI is InChI=1S/C18H15P.C5H5.Cu/c1-4-10-16(11-5-1)19(17-12-6-2-7-13-17)18-14-8-3-9-15-18;1-2-4-5-3-1;/h1-15H;1-3H,4H2;/q;-1;+1. The molecule has 0 heterocycles. The van der Waals surface area contributed by atoms with Crippen LogP contribution in [0.4, 0.5) is 0 Å². The second-order valence-electron chi connectivity index (χ2n) is 5.35. The second-order valence-corrected chi connectivity index (χ2v) is 7.57. The smallest absolute Gasteiger partial charge is 0.273 e. The minimum atomic E-state index is -0.446. The molecule has 25 heavy (non-hydrogen) atoms. The largest absolute Gasteiger partial charge is 1.00 e. The van der Waals surface area contributed by atoms with E-state index in [2.05, 4.69) is 103 Å². The summed E-state index contributed by atoms with van der Waals surface area (Å²) in [6.45, 7) is 0. The van der Waals surface area contributed by atoms with Gasteiger partial charge in [-0.1, -0.05) is 91.0 Å².